The van der Waals surface area contributed by atoms with Crippen molar-refractivity contribution in [3.05, 3.63) is 70.2 Å². The minimum absolute atomic E-state index is 0.152. The number of aliphatic imine (C=N–C) groups is 1. The van der Waals surface area contributed by atoms with Gasteiger partial charge in [0.05, 0.1) is 12.3 Å². The number of benzene rings is 2. The Morgan fingerprint density at radius 2 is 1.88 bits per heavy atom. The summed E-state index contributed by atoms with van der Waals surface area (Å²) >= 11 is 1.34. The molecule has 2 heterocycles. The monoisotopic (exact) mass is 348 g/mol. The number of nitrogens with zero attached hydrogens (tertiary/aromatic N) is 3. The van der Waals surface area contributed by atoms with Gasteiger partial charge in [-0.1, -0.05) is 30.3 Å². The van der Waals surface area contributed by atoms with Gasteiger partial charge in [-0.15, -0.1) is 0 Å². The van der Waals surface area contributed by atoms with Crippen molar-refractivity contribution in [3.8, 4) is 17.1 Å². The standard InChI is InChI=1S/C19H16N4OS/c1-11-22-19(23-25-11)12-6-7-15(17(24)10-12)18-14-5-3-2-4-13(14)16(20)8-9-21-18/h2-8,10,24H,9,20H2,1H3. The number of aromatic nitrogens is 2. The number of aryl methyl sites for hydroxylation is 1. The number of phenols is 1. The van der Waals surface area contributed by atoms with E-state index in [0.29, 0.717) is 23.6 Å². The topological polar surface area (TPSA) is 84.4 Å². The molecular weight excluding hydrogens is 332 g/mol. The average molecular weight is 348 g/mol. The fourth-order valence-corrected chi connectivity index (χ4v) is 3.38. The molecule has 6 heteroatoms. The first-order chi connectivity index (χ1) is 12.1. The van der Waals surface area contributed by atoms with Crippen molar-refractivity contribution in [1.29, 1.82) is 0 Å². The normalized spacial score (nSPS) is 13.6. The van der Waals surface area contributed by atoms with Crippen LogP contribution in [0.5, 0.6) is 5.75 Å². The Balaban J connectivity index is 1.80. The molecule has 1 aliphatic heterocycles. The van der Waals surface area contributed by atoms with Crippen LogP contribution in [0.3, 0.4) is 0 Å². The van der Waals surface area contributed by atoms with Crippen LogP contribution in [-0.4, -0.2) is 26.7 Å². The van der Waals surface area contributed by atoms with E-state index in [2.05, 4.69) is 14.3 Å². The van der Waals surface area contributed by atoms with Crippen molar-refractivity contribution in [2.45, 2.75) is 6.92 Å². The second-order valence-electron chi connectivity index (χ2n) is 5.76. The summed E-state index contributed by atoms with van der Waals surface area (Å²) in [6.07, 6.45) is 1.89. The molecule has 3 aromatic rings. The maximum Gasteiger partial charge on any atom is 0.173 e. The molecule has 0 radical (unpaired) electrons. The van der Waals surface area contributed by atoms with Crippen LogP contribution in [0, 0.1) is 6.92 Å². The fraction of sp³-hybridized carbons (Fsp3) is 0.105. The first kappa shape index (κ1) is 15.5. The highest BCUT2D eigenvalue weighted by atomic mass is 32.1. The van der Waals surface area contributed by atoms with Crippen LogP contribution in [0.1, 0.15) is 21.7 Å². The van der Waals surface area contributed by atoms with Crippen LogP contribution in [-0.2, 0) is 0 Å². The Morgan fingerprint density at radius 3 is 2.60 bits per heavy atom. The molecule has 0 amide bonds. The molecule has 0 bridgehead atoms. The minimum Gasteiger partial charge on any atom is -0.507 e. The van der Waals surface area contributed by atoms with E-state index in [1.54, 1.807) is 6.07 Å². The molecule has 5 nitrogen and oxygen atoms in total. The van der Waals surface area contributed by atoms with E-state index in [4.69, 9.17) is 5.73 Å². The lowest BCUT2D eigenvalue weighted by Gasteiger charge is -2.12. The molecule has 3 N–H and O–H groups in total. The summed E-state index contributed by atoms with van der Waals surface area (Å²) in [6, 6.07) is 13.3. The molecule has 2 aromatic carbocycles. The van der Waals surface area contributed by atoms with E-state index < -0.39 is 0 Å². The highest BCUT2D eigenvalue weighted by Crippen LogP contribution is 2.30. The summed E-state index contributed by atoms with van der Waals surface area (Å²) in [5.41, 5.74) is 10.9. The lowest BCUT2D eigenvalue weighted by molar-refractivity contribution is 0.474. The van der Waals surface area contributed by atoms with Gasteiger partial charge in [0.1, 0.15) is 10.8 Å². The van der Waals surface area contributed by atoms with Gasteiger partial charge in [0.15, 0.2) is 5.82 Å². The van der Waals surface area contributed by atoms with Crippen LogP contribution < -0.4 is 5.73 Å². The number of aromatic hydroxyl groups is 1. The zero-order chi connectivity index (χ0) is 17.4. The Kier molecular flexibility index (Phi) is 3.82. The molecule has 4 rings (SSSR count). The first-order valence-corrected chi connectivity index (χ1v) is 8.65. The summed E-state index contributed by atoms with van der Waals surface area (Å²) in [6.45, 7) is 2.38. The SMILES string of the molecule is Cc1nc(-c2ccc(C3=NCC=C(N)c4ccccc43)c(O)c2)ns1. The third-order valence-corrected chi connectivity index (χ3v) is 4.71. The molecule has 0 saturated carbocycles. The molecule has 0 aliphatic carbocycles. The third-order valence-electron chi connectivity index (χ3n) is 4.09. The maximum absolute atomic E-state index is 10.6. The summed E-state index contributed by atoms with van der Waals surface area (Å²) < 4.78 is 4.29. The number of phenolic OH excluding ortho intramolecular Hbond substituents is 1. The fourth-order valence-electron chi connectivity index (χ4n) is 2.89. The van der Waals surface area contributed by atoms with Gasteiger partial charge in [0.2, 0.25) is 0 Å². The van der Waals surface area contributed by atoms with Crippen molar-refractivity contribution in [3.63, 3.8) is 0 Å². The third kappa shape index (κ3) is 2.81. The number of hydrogen-bond acceptors (Lipinski definition) is 6. The van der Waals surface area contributed by atoms with E-state index in [9.17, 15) is 5.11 Å². The second kappa shape index (κ2) is 6.14. The smallest absolute Gasteiger partial charge is 0.173 e. The van der Waals surface area contributed by atoms with E-state index in [-0.39, 0.29) is 5.75 Å². The zero-order valence-corrected chi connectivity index (χ0v) is 14.4. The Labute approximate surface area is 149 Å². The lowest BCUT2D eigenvalue weighted by atomic mass is 9.95. The predicted molar refractivity (Wildman–Crippen MR) is 101 cm³/mol. The van der Waals surface area contributed by atoms with Gasteiger partial charge >= 0.3 is 0 Å². The molecule has 124 valence electrons. The Morgan fingerprint density at radius 1 is 1.08 bits per heavy atom. The van der Waals surface area contributed by atoms with Crippen molar-refractivity contribution in [1.82, 2.24) is 9.36 Å². The van der Waals surface area contributed by atoms with Crippen LogP contribution in [0.4, 0.5) is 0 Å². The quantitative estimate of drug-likeness (QED) is 0.744. The van der Waals surface area contributed by atoms with Gasteiger partial charge in [-0.3, -0.25) is 4.99 Å². The highest BCUT2D eigenvalue weighted by Gasteiger charge is 2.18. The van der Waals surface area contributed by atoms with Gasteiger partial charge in [-0.05, 0) is 36.7 Å². The largest absolute Gasteiger partial charge is 0.507 e. The molecule has 0 spiro atoms. The average Bonchev–Trinajstić information content (AvgIpc) is 2.98. The van der Waals surface area contributed by atoms with Gasteiger partial charge in [-0.25, -0.2) is 4.98 Å². The van der Waals surface area contributed by atoms with Gasteiger partial charge < -0.3 is 10.8 Å². The van der Waals surface area contributed by atoms with Crippen molar-refractivity contribution in [2.24, 2.45) is 10.7 Å². The van der Waals surface area contributed by atoms with Crippen LogP contribution in [0.25, 0.3) is 17.1 Å². The van der Waals surface area contributed by atoms with Crippen molar-refractivity contribution >= 4 is 22.9 Å². The van der Waals surface area contributed by atoms with E-state index in [1.807, 2.05) is 49.4 Å². The molecule has 25 heavy (non-hydrogen) atoms. The lowest BCUT2D eigenvalue weighted by Crippen LogP contribution is -2.08. The highest BCUT2D eigenvalue weighted by molar-refractivity contribution is 7.05. The minimum atomic E-state index is 0.152. The number of fused-ring (bicyclic) bond motifs is 1. The van der Waals surface area contributed by atoms with Gasteiger partial charge in [-0.2, -0.15) is 4.37 Å². The zero-order valence-electron chi connectivity index (χ0n) is 13.6. The van der Waals surface area contributed by atoms with E-state index in [1.165, 1.54) is 11.5 Å². The predicted octanol–water partition coefficient (Wildman–Crippen LogP) is 3.37. The van der Waals surface area contributed by atoms with E-state index >= 15 is 0 Å². The van der Waals surface area contributed by atoms with Crippen LogP contribution >= 0.6 is 11.5 Å². The molecule has 1 aromatic heterocycles. The Hall–Kier alpha value is -2.99. The summed E-state index contributed by atoms with van der Waals surface area (Å²) in [4.78, 5) is 8.99. The van der Waals surface area contributed by atoms with Crippen LogP contribution in [0.15, 0.2) is 53.5 Å². The molecular formula is C19H16N4OS. The number of hydrogen-bond donors (Lipinski definition) is 2. The Bertz CT molecular complexity index is 1020. The van der Waals surface area contributed by atoms with Crippen LogP contribution in [0.2, 0.25) is 0 Å². The second-order valence-corrected chi connectivity index (χ2v) is 6.72. The van der Waals surface area contributed by atoms with Gasteiger partial charge in [0.25, 0.3) is 0 Å². The molecule has 0 unspecified atom stereocenters. The molecule has 1 aliphatic rings. The molecule has 0 fully saturated rings. The number of nitrogens with two attached hydrogens (primary N) is 1. The van der Waals surface area contributed by atoms with E-state index in [0.717, 1.165) is 27.4 Å². The molecule has 0 atom stereocenters. The summed E-state index contributed by atoms with van der Waals surface area (Å²) in [7, 11) is 0. The van der Waals surface area contributed by atoms with Crippen molar-refractivity contribution < 1.29 is 5.11 Å². The number of rotatable bonds is 2. The molecule has 0 saturated heterocycles. The van der Waals surface area contributed by atoms with Crippen molar-refractivity contribution in [2.75, 3.05) is 6.54 Å². The first-order valence-electron chi connectivity index (χ1n) is 7.87. The summed E-state index contributed by atoms with van der Waals surface area (Å²) in [5, 5.41) is 11.5. The summed E-state index contributed by atoms with van der Waals surface area (Å²) in [5.74, 6) is 0.775. The van der Waals surface area contributed by atoms with Gasteiger partial charge in [0, 0.05) is 28.0 Å². The maximum atomic E-state index is 10.6.